The maximum Gasteiger partial charge on any atom is 0.223 e. The van der Waals surface area contributed by atoms with Gasteiger partial charge in [0.2, 0.25) is 5.91 Å². The van der Waals surface area contributed by atoms with Crippen LogP contribution in [0.1, 0.15) is 18.1 Å². The minimum atomic E-state index is -0.391. The van der Waals surface area contributed by atoms with Gasteiger partial charge in [-0.05, 0) is 49.5 Å². The molecule has 0 bridgehead atoms. The number of aromatic hydroxyl groups is 1. The number of H-pyrrole nitrogens is 1. The van der Waals surface area contributed by atoms with Gasteiger partial charge >= 0.3 is 0 Å². The molecule has 0 aliphatic heterocycles. The number of hydrogen-bond donors (Lipinski definition) is 3. The van der Waals surface area contributed by atoms with Gasteiger partial charge in [0, 0.05) is 36.7 Å². The molecule has 0 unspecified atom stereocenters. The summed E-state index contributed by atoms with van der Waals surface area (Å²) in [6.07, 6.45) is 0. The molecule has 1 aromatic heterocycles. The molecule has 0 aliphatic rings. The second-order valence-corrected chi connectivity index (χ2v) is 7.66. The van der Waals surface area contributed by atoms with Gasteiger partial charge < -0.3 is 20.3 Å². The van der Waals surface area contributed by atoms with Gasteiger partial charge in [-0.2, -0.15) is 0 Å². The Morgan fingerprint density at radius 2 is 1.82 bits per heavy atom. The standard InChI is InChI=1S/C26H25FN4O2/c1-17(32)31(15-14-28-2)21-11-9-20(10-12-21)29-25(18-6-4-3-5-7-18)24-22-13-8-19(27)16-23(22)30-26(24)33/h3-13,16,28,30,33H,14-15H2,1-2H3. The largest absolute Gasteiger partial charge is 0.494 e. The number of hydrogen-bond acceptors (Lipinski definition) is 4. The van der Waals surface area contributed by atoms with E-state index >= 15 is 0 Å². The van der Waals surface area contributed by atoms with Crippen molar-refractivity contribution in [1.29, 1.82) is 0 Å². The number of aromatic amines is 1. The van der Waals surface area contributed by atoms with Gasteiger partial charge in [0.15, 0.2) is 5.88 Å². The Bertz CT molecular complexity index is 1300. The molecule has 3 aromatic carbocycles. The molecule has 0 fully saturated rings. The van der Waals surface area contributed by atoms with Crippen LogP contribution >= 0.6 is 0 Å². The van der Waals surface area contributed by atoms with Crippen molar-refractivity contribution in [2.75, 3.05) is 25.0 Å². The summed E-state index contributed by atoms with van der Waals surface area (Å²) >= 11 is 0. The molecule has 0 radical (unpaired) electrons. The Morgan fingerprint density at radius 1 is 1.09 bits per heavy atom. The van der Waals surface area contributed by atoms with Crippen molar-refractivity contribution in [2.45, 2.75) is 6.92 Å². The van der Waals surface area contributed by atoms with Crippen LogP contribution in [0.2, 0.25) is 0 Å². The average molecular weight is 445 g/mol. The molecule has 0 saturated carbocycles. The van der Waals surface area contributed by atoms with Gasteiger partial charge in [0.1, 0.15) is 5.82 Å². The SMILES string of the molecule is CNCCN(C(C)=O)c1ccc(N=C(c2ccccc2)c2c(O)[nH]c3cc(F)ccc23)cc1. The van der Waals surface area contributed by atoms with Gasteiger partial charge in [-0.15, -0.1) is 0 Å². The number of aromatic nitrogens is 1. The lowest BCUT2D eigenvalue weighted by molar-refractivity contribution is -0.116. The van der Waals surface area contributed by atoms with Crippen molar-refractivity contribution >= 4 is 33.9 Å². The van der Waals surface area contributed by atoms with Crippen LogP contribution in [0.4, 0.5) is 15.8 Å². The smallest absolute Gasteiger partial charge is 0.223 e. The number of aliphatic imine (C=N–C) groups is 1. The fraction of sp³-hybridized carbons (Fsp3) is 0.154. The number of nitrogens with one attached hydrogen (secondary N) is 2. The molecule has 168 valence electrons. The van der Waals surface area contributed by atoms with Gasteiger partial charge in [-0.25, -0.2) is 9.38 Å². The molecular weight excluding hydrogens is 419 g/mol. The number of fused-ring (bicyclic) bond motifs is 1. The quantitative estimate of drug-likeness (QED) is 0.360. The highest BCUT2D eigenvalue weighted by Crippen LogP contribution is 2.32. The third-order valence-corrected chi connectivity index (χ3v) is 5.39. The van der Waals surface area contributed by atoms with Crippen LogP contribution < -0.4 is 10.2 Å². The molecule has 0 aliphatic carbocycles. The summed E-state index contributed by atoms with van der Waals surface area (Å²) in [7, 11) is 1.84. The number of likely N-dealkylation sites (N-methyl/N-ethyl adjacent to an activating group) is 1. The highest BCUT2D eigenvalue weighted by atomic mass is 19.1. The van der Waals surface area contributed by atoms with Crippen LogP contribution in [0, 0.1) is 5.82 Å². The van der Waals surface area contributed by atoms with Crippen molar-refractivity contribution in [1.82, 2.24) is 10.3 Å². The first-order valence-electron chi connectivity index (χ1n) is 10.7. The maximum atomic E-state index is 13.7. The summed E-state index contributed by atoms with van der Waals surface area (Å²) in [5.74, 6) is -0.510. The molecular formula is C26H25FN4O2. The minimum absolute atomic E-state index is 0.0394. The molecule has 33 heavy (non-hydrogen) atoms. The molecule has 3 N–H and O–H groups in total. The van der Waals surface area contributed by atoms with E-state index in [0.29, 0.717) is 41.0 Å². The molecule has 0 atom stereocenters. The average Bonchev–Trinajstić information content (AvgIpc) is 3.13. The Balaban J connectivity index is 1.79. The number of amides is 1. The van der Waals surface area contributed by atoms with E-state index in [1.54, 1.807) is 11.0 Å². The monoisotopic (exact) mass is 444 g/mol. The molecule has 1 heterocycles. The fourth-order valence-corrected chi connectivity index (χ4v) is 3.78. The lowest BCUT2D eigenvalue weighted by Gasteiger charge is -2.21. The molecule has 7 heteroatoms. The van der Waals surface area contributed by atoms with Crippen LogP contribution in [0.25, 0.3) is 10.9 Å². The summed E-state index contributed by atoms with van der Waals surface area (Å²) in [4.78, 5) is 21.4. The Hall–Kier alpha value is -3.97. The Kier molecular flexibility index (Phi) is 6.51. The second-order valence-electron chi connectivity index (χ2n) is 7.66. The molecule has 0 saturated heterocycles. The third kappa shape index (κ3) is 4.78. The number of benzene rings is 3. The number of carbonyl (C=O) groups is 1. The van der Waals surface area contributed by atoms with Crippen LogP contribution in [0.15, 0.2) is 77.8 Å². The number of anilines is 1. The van der Waals surface area contributed by atoms with E-state index in [-0.39, 0.29) is 11.8 Å². The first kappa shape index (κ1) is 22.2. The highest BCUT2D eigenvalue weighted by Gasteiger charge is 2.19. The fourth-order valence-electron chi connectivity index (χ4n) is 3.78. The zero-order valence-electron chi connectivity index (χ0n) is 18.5. The van der Waals surface area contributed by atoms with E-state index in [2.05, 4.69) is 10.3 Å². The summed E-state index contributed by atoms with van der Waals surface area (Å²) in [5.41, 5.74) is 3.79. The zero-order valence-corrected chi connectivity index (χ0v) is 18.5. The lowest BCUT2D eigenvalue weighted by Crippen LogP contribution is -2.34. The van der Waals surface area contributed by atoms with E-state index in [1.165, 1.54) is 19.1 Å². The normalized spacial score (nSPS) is 11.7. The highest BCUT2D eigenvalue weighted by molar-refractivity contribution is 6.21. The van der Waals surface area contributed by atoms with Crippen molar-refractivity contribution in [3.8, 4) is 5.88 Å². The number of nitrogens with zero attached hydrogens (tertiary/aromatic N) is 2. The van der Waals surface area contributed by atoms with Gasteiger partial charge in [0.05, 0.1) is 22.5 Å². The van der Waals surface area contributed by atoms with E-state index in [1.807, 2.05) is 61.6 Å². The zero-order chi connectivity index (χ0) is 23.4. The van der Waals surface area contributed by atoms with Gasteiger partial charge in [-0.1, -0.05) is 30.3 Å². The van der Waals surface area contributed by atoms with Crippen LogP contribution in [-0.2, 0) is 4.79 Å². The predicted octanol–water partition coefficient (Wildman–Crippen LogP) is 4.75. The summed E-state index contributed by atoms with van der Waals surface area (Å²) in [6, 6.07) is 21.2. The third-order valence-electron chi connectivity index (χ3n) is 5.39. The van der Waals surface area contributed by atoms with Crippen molar-refractivity contribution in [2.24, 2.45) is 4.99 Å². The lowest BCUT2D eigenvalue weighted by atomic mass is 10.0. The Labute approximate surface area is 191 Å². The van der Waals surface area contributed by atoms with Crippen molar-refractivity contribution in [3.05, 3.63) is 89.7 Å². The van der Waals surface area contributed by atoms with Crippen LogP contribution in [0.3, 0.4) is 0 Å². The van der Waals surface area contributed by atoms with Gasteiger partial charge in [0.25, 0.3) is 0 Å². The summed E-state index contributed by atoms with van der Waals surface area (Å²) in [6.45, 7) is 2.78. The minimum Gasteiger partial charge on any atom is -0.494 e. The van der Waals surface area contributed by atoms with Crippen molar-refractivity contribution < 1.29 is 14.3 Å². The number of carbonyl (C=O) groups excluding carboxylic acids is 1. The van der Waals surface area contributed by atoms with Crippen LogP contribution in [0.5, 0.6) is 5.88 Å². The number of rotatable bonds is 7. The van der Waals surface area contributed by atoms with E-state index in [0.717, 1.165) is 11.3 Å². The predicted molar refractivity (Wildman–Crippen MR) is 130 cm³/mol. The van der Waals surface area contributed by atoms with Crippen molar-refractivity contribution in [3.63, 3.8) is 0 Å². The number of halogens is 1. The first-order chi connectivity index (χ1) is 16.0. The molecule has 1 amide bonds. The summed E-state index contributed by atoms with van der Waals surface area (Å²) in [5, 5.41) is 14.4. The first-order valence-corrected chi connectivity index (χ1v) is 10.7. The molecule has 0 spiro atoms. The topological polar surface area (TPSA) is 80.7 Å². The maximum absolute atomic E-state index is 13.7. The Morgan fingerprint density at radius 3 is 2.48 bits per heavy atom. The van der Waals surface area contributed by atoms with Gasteiger partial charge in [-0.3, -0.25) is 4.79 Å². The molecule has 6 nitrogen and oxygen atoms in total. The van der Waals surface area contributed by atoms with E-state index < -0.39 is 5.82 Å². The molecule has 4 rings (SSSR count). The summed E-state index contributed by atoms with van der Waals surface area (Å²) < 4.78 is 13.7. The van der Waals surface area contributed by atoms with Crippen LogP contribution in [-0.4, -0.2) is 41.8 Å². The molecule has 4 aromatic rings. The van der Waals surface area contributed by atoms with E-state index in [9.17, 15) is 14.3 Å². The van der Waals surface area contributed by atoms with E-state index in [4.69, 9.17) is 4.99 Å². The second kappa shape index (κ2) is 9.67.